The Kier molecular flexibility index (Phi) is 45.5. The monoisotopic (exact) mass is 1930 g/mol. The van der Waals surface area contributed by atoms with Crippen LogP contribution in [0.5, 0.6) is 5.75 Å². The van der Waals surface area contributed by atoms with Gasteiger partial charge in [0.1, 0.15) is 5.75 Å². The summed E-state index contributed by atoms with van der Waals surface area (Å²) in [5.74, 6) is 3.14. The van der Waals surface area contributed by atoms with Crippen molar-refractivity contribution in [2.75, 3.05) is 72.0 Å². The van der Waals surface area contributed by atoms with Gasteiger partial charge in [-0.05, 0) is 262 Å². The molecule has 0 spiro atoms. The van der Waals surface area contributed by atoms with Crippen molar-refractivity contribution < 1.29 is 62.4 Å². The number of ether oxygens (including phenoxy) is 6. The van der Waals surface area contributed by atoms with E-state index in [1.807, 2.05) is 161 Å². The van der Waals surface area contributed by atoms with Crippen LogP contribution >= 0.6 is 0 Å². The number of aliphatic hydroxyl groups is 1. The van der Waals surface area contributed by atoms with E-state index in [0.29, 0.717) is 104 Å². The van der Waals surface area contributed by atoms with Crippen LogP contribution in [0.25, 0.3) is 0 Å². The minimum Gasteiger partial charge on any atom is -0.497 e. The van der Waals surface area contributed by atoms with Gasteiger partial charge >= 0.3 is 29.8 Å². The van der Waals surface area contributed by atoms with Crippen LogP contribution in [0.3, 0.4) is 0 Å². The van der Waals surface area contributed by atoms with E-state index in [1.54, 1.807) is 26.2 Å². The molecule has 0 unspecified atom stereocenters. The van der Waals surface area contributed by atoms with Gasteiger partial charge in [0.05, 0.1) is 90.9 Å². The topological polar surface area (TPSA) is 276 Å². The fraction of sp³-hybridized carbons (Fsp3) is 0.463. The first kappa shape index (κ1) is 110. The number of hydrogen-bond acceptors (Lipinski definition) is 20. The third-order valence-corrected chi connectivity index (χ3v) is 28.1. The van der Waals surface area contributed by atoms with Crippen molar-refractivity contribution in [3.63, 3.8) is 0 Å². The van der Waals surface area contributed by atoms with E-state index >= 15 is 0 Å². The molecule has 5 aliphatic carbocycles. The lowest BCUT2D eigenvalue weighted by Gasteiger charge is -2.37. The Morgan fingerprint density at radius 3 is 0.972 bits per heavy atom. The molecule has 7 N–H and O–H groups in total. The lowest BCUT2D eigenvalue weighted by molar-refractivity contribution is -0.384. The second-order valence-corrected chi connectivity index (χ2v) is 39.7. The molecule has 0 amide bonds. The molecule has 0 bridgehead atoms. The highest BCUT2D eigenvalue weighted by Gasteiger charge is 2.31. The van der Waals surface area contributed by atoms with E-state index in [0.717, 1.165) is 118 Å². The number of carbonyl (C=O) groups is 5. The zero-order valence-electron chi connectivity index (χ0n) is 86.0. The zero-order chi connectivity index (χ0) is 101. The summed E-state index contributed by atoms with van der Waals surface area (Å²) in [5, 5.41) is 41.3. The number of carbonyl (C=O) groups excluding carboxylic acids is 5. The zero-order valence-corrected chi connectivity index (χ0v) is 86.0. The number of rotatable bonds is 38. The highest BCUT2D eigenvalue weighted by Crippen LogP contribution is 2.41. The first-order valence-electron chi connectivity index (χ1n) is 52.6. The molecule has 21 nitrogen and oxygen atoms in total. The van der Waals surface area contributed by atoms with Gasteiger partial charge in [0.2, 0.25) is 0 Å². The van der Waals surface area contributed by atoms with E-state index in [-0.39, 0.29) is 42.1 Å². The van der Waals surface area contributed by atoms with E-state index in [2.05, 4.69) is 120 Å². The largest absolute Gasteiger partial charge is 0.497 e. The van der Waals surface area contributed by atoms with Gasteiger partial charge in [-0.3, -0.25) is 10.1 Å². The van der Waals surface area contributed by atoms with Crippen molar-refractivity contribution in [3.8, 4) is 5.75 Å². The minimum absolute atomic E-state index is 0.0564. The summed E-state index contributed by atoms with van der Waals surface area (Å²) in [6.45, 7) is 23.6. The molecule has 760 valence electrons. The minimum atomic E-state index is -0.400. The Morgan fingerprint density at radius 1 is 0.338 bits per heavy atom. The summed E-state index contributed by atoms with van der Waals surface area (Å²) < 4.78 is 31.2. The quantitative estimate of drug-likeness (QED) is 0.00820. The van der Waals surface area contributed by atoms with Crippen LogP contribution in [0.15, 0.2) is 218 Å². The average Bonchev–Trinajstić information content (AvgIpc) is 0.834. The van der Waals surface area contributed by atoms with E-state index in [9.17, 15) is 39.2 Å². The smallest absolute Gasteiger partial charge is 0.338 e. The number of non-ortho nitro benzene ring substituents is 1. The fourth-order valence-corrected chi connectivity index (χ4v) is 19.9. The van der Waals surface area contributed by atoms with Crippen molar-refractivity contribution in [2.24, 2.45) is 35.0 Å². The highest BCUT2D eigenvalue weighted by molar-refractivity contribution is 5.94. The summed E-state index contributed by atoms with van der Waals surface area (Å²) in [5.41, 5.74) is 22.3. The molecule has 0 radical (unpaired) electrons. The summed E-state index contributed by atoms with van der Waals surface area (Å²) >= 11 is 0. The molecule has 0 aliphatic heterocycles. The van der Waals surface area contributed by atoms with Crippen molar-refractivity contribution >= 4 is 69.7 Å². The SMILES string of the molecule is CCOC(=O)c1ccc(CC2CCCCC2)c(NCc2ccc(C)cc2)c1.CCOC(=O)c1ccc(CC2CCCCC2)c(NCc2ccc(CO)cc2)c1.CCOC(=O)c1ccc(CC2CCCCC2)c(NCc2ccc([N+](=O)[O-])cc2)c1.CCOC(=O)c1ccc(CC2CCCCC2)c(NCc2cccc(OC)c2)c1.CCOC(=O)c1ccc(NC2CCC(C(C)(C)C)CC2)c(NCc2ccccc2)c1. The Labute approximate surface area is 844 Å². The van der Waals surface area contributed by atoms with Crippen molar-refractivity contribution in [1.29, 1.82) is 0 Å². The number of esters is 5. The van der Waals surface area contributed by atoms with Gasteiger partial charge < -0.3 is 65.4 Å². The van der Waals surface area contributed by atoms with E-state index in [4.69, 9.17) is 28.4 Å². The van der Waals surface area contributed by atoms with Crippen LogP contribution in [0, 0.1) is 52.0 Å². The number of aliphatic hydroxyl groups excluding tert-OH is 1. The van der Waals surface area contributed by atoms with Gasteiger partial charge in [0.15, 0.2) is 0 Å². The number of nitrogens with one attached hydrogen (secondary N) is 6. The lowest BCUT2D eigenvalue weighted by Crippen LogP contribution is -2.31. The van der Waals surface area contributed by atoms with Crippen LogP contribution in [0.4, 0.5) is 39.8 Å². The van der Waals surface area contributed by atoms with Crippen LogP contribution < -0.4 is 36.6 Å². The van der Waals surface area contributed by atoms with Crippen molar-refractivity contribution in [1.82, 2.24) is 0 Å². The number of benzene rings is 10. The summed E-state index contributed by atoms with van der Waals surface area (Å²) in [6.07, 6.45) is 35.4. The highest BCUT2D eigenvalue weighted by atomic mass is 16.6. The maximum Gasteiger partial charge on any atom is 0.338 e. The average molecular weight is 1930 g/mol. The summed E-state index contributed by atoms with van der Waals surface area (Å²) in [7, 11) is 1.68. The molecular formula is C121H157N7O14. The molecule has 0 saturated heterocycles. The molecule has 5 fully saturated rings. The predicted octanol–water partition coefficient (Wildman–Crippen LogP) is 28.6. The fourth-order valence-electron chi connectivity index (χ4n) is 19.9. The normalized spacial score (nSPS) is 15.5. The molecule has 0 heterocycles. The van der Waals surface area contributed by atoms with Gasteiger partial charge in [-0.25, -0.2) is 24.0 Å². The Bertz CT molecular complexity index is 5530. The van der Waals surface area contributed by atoms with Gasteiger partial charge in [-0.2, -0.15) is 0 Å². The Balaban J connectivity index is 0.000000170. The molecule has 5 aliphatic rings. The number of methoxy groups -OCH3 is 1. The molecule has 142 heavy (non-hydrogen) atoms. The van der Waals surface area contributed by atoms with E-state index < -0.39 is 4.92 Å². The van der Waals surface area contributed by atoms with Crippen LogP contribution in [-0.2, 0) is 88.7 Å². The number of anilines is 6. The first-order chi connectivity index (χ1) is 69.0. The van der Waals surface area contributed by atoms with Crippen LogP contribution in [-0.4, -0.2) is 86.1 Å². The van der Waals surface area contributed by atoms with Crippen LogP contribution in [0.1, 0.15) is 322 Å². The summed E-state index contributed by atoms with van der Waals surface area (Å²) in [6, 6.07) is 71.1. The van der Waals surface area contributed by atoms with Crippen molar-refractivity contribution in [2.45, 2.75) is 287 Å². The molecule has 21 heteroatoms. The maximum atomic E-state index is 12.2. The third-order valence-electron chi connectivity index (χ3n) is 28.1. The van der Waals surface area contributed by atoms with Gasteiger partial charge in [-0.15, -0.1) is 0 Å². The van der Waals surface area contributed by atoms with Crippen molar-refractivity contribution in [3.05, 3.63) is 318 Å². The second-order valence-electron chi connectivity index (χ2n) is 39.7. The predicted molar refractivity (Wildman–Crippen MR) is 575 cm³/mol. The molecule has 0 aromatic heterocycles. The number of nitro benzene ring substituents is 1. The van der Waals surface area contributed by atoms with Crippen LogP contribution in [0.2, 0.25) is 0 Å². The molecular weight excluding hydrogens is 1780 g/mol. The molecule has 15 rings (SSSR count). The number of aryl methyl sites for hydroxylation is 1. The van der Waals surface area contributed by atoms with Gasteiger partial charge in [0.25, 0.3) is 5.69 Å². The molecule has 10 aromatic carbocycles. The number of nitro groups is 1. The standard InChI is InChI=1S/C26H36N2O2.2C24H31NO3.C24H31NO2.C23H28N2O4/c1-5-30-25(29)20-11-16-23(24(17-20)27-18-19-9-7-6-8-10-19)28-22-14-12-21(13-15-22)26(2,3)4;1-3-28-24(26)21-13-12-20(14-18-8-5-4-6-9-18)23(16-21)25-17-19-10-7-11-22(15-19)27-2;1-2-28-24(27)22-13-12-21(14-18-6-4-3-5-7-18)23(15-22)25-16-19-8-10-20(17-26)11-9-19;1-3-27-24(26)22-14-13-21(15-19-7-5-4-6-8-19)23(16-22)25-17-20-11-9-18(2)10-12-20;1-2-29-23(26)20-11-10-19(14-17-6-4-3-5-7-17)22(15-20)24-16-18-8-12-21(13-9-18)25(27)28/h6-11,16-17,21-22,27-28H,5,12-15,18H2,1-4H3;7,10-13,15-16,18,25H,3-6,8-9,14,17H2,1-2H3;8-13,15,18,25-26H,2-7,14,16-17H2,1H3;9-14,16,19,25H,3-8,15,17H2,1-2H3;8-13,15,17,24H,2-7,14,16H2,1H3. The second kappa shape index (κ2) is 58.8. The summed E-state index contributed by atoms with van der Waals surface area (Å²) in [4.78, 5) is 71.3. The lowest BCUT2D eigenvalue weighted by atomic mass is 9.71. The third kappa shape index (κ3) is 36.5. The number of nitrogens with zero attached hydrogens (tertiary/aromatic N) is 1. The Hall–Kier alpha value is -12.5. The van der Waals surface area contributed by atoms with Gasteiger partial charge in [0, 0.05) is 73.6 Å². The Morgan fingerprint density at radius 2 is 0.641 bits per heavy atom. The van der Waals surface area contributed by atoms with Gasteiger partial charge in [-0.1, -0.05) is 282 Å². The molecule has 0 atom stereocenters. The maximum absolute atomic E-state index is 12.2. The first-order valence-corrected chi connectivity index (χ1v) is 52.6. The number of hydrogen-bond donors (Lipinski definition) is 7. The molecule has 10 aromatic rings. The molecule has 5 saturated carbocycles. The van der Waals surface area contributed by atoms with E-state index in [1.165, 1.54) is 205 Å².